The summed E-state index contributed by atoms with van der Waals surface area (Å²) in [4.78, 5) is 23.9. The second kappa shape index (κ2) is 19.0. The molecule has 2 aromatic rings. The Labute approximate surface area is 199 Å². The minimum absolute atomic E-state index is 0.0522. The van der Waals surface area contributed by atoms with Crippen LogP contribution >= 0.6 is 0 Å². The molecule has 0 saturated carbocycles. The molecule has 0 aliphatic carbocycles. The number of hydrogen-bond donors (Lipinski definition) is 1. The summed E-state index contributed by atoms with van der Waals surface area (Å²) in [5.41, 5.74) is 1.18. The quantitative estimate of drug-likeness (QED) is 0.203. The molecular formula is C28H42O5. The Morgan fingerprint density at radius 1 is 0.788 bits per heavy atom. The highest BCUT2D eigenvalue weighted by Crippen LogP contribution is 2.17. The van der Waals surface area contributed by atoms with Crippen molar-refractivity contribution in [1.82, 2.24) is 0 Å². The minimum Gasteiger partial charge on any atom is -0.478 e. The van der Waals surface area contributed by atoms with Gasteiger partial charge in [0.25, 0.3) is 0 Å². The molecule has 184 valence electrons. The Morgan fingerprint density at radius 2 is 1.36 bits per heavy atom. The van der Waals surface area contributed by atoms with Gasteiger partial charge in [-0.25, -0.2) is 9.59 Å². The largest absolute Gasteiger partial charge is 0.478 e. The molecule has 0 unspecified atom stereocenters. The summed E-state index contributed by atoms with van der Waals surface area (Å²) in [6, 6.07) is 8.77. The number of hydrogen-bond acceptors (Lipinski definition) is 4. The maximum absolute atomic E-state index is 12.3. The molecule has 0 bridgehead atoms. The number of aromatic carboxylic acids is 1. The highest BCUT2D eigenvalue weighted by molar-refractivity contribution is 6.02. The van der Waals surface area contributed by atoms with Gasteiger partial charge >= 0.3 is 11.9 Å². The first kappa shape index (κ1) is 28.5. The molecule has 1 heterocycles. The number of carbonyl (C=O) groups excluding carboxylic acids is 1. The van der Waals surface area contributed by atoms with Crippen LogP contribution in [-0.2, 0) is 11.2 Å². The third-order valence-electron chi connectivity index (χ3n) is 5.51. The van der Waals surface area contributed by atoms with E-state index in [-0.39, 0.29) is 11.1 Å². The van der Waals surface area contributed by atoms with Crippen LogP contribution in [0.15, 0.2) is 47.3 Å². The van der Waals surface area contributed by atoms with Crippen LogP contribution in [0.1, 0.15) is 117 Å². The van der Waals surface area contributed by atoms with Crippen LogP contribution < -0.4 is 0 Å². The highest BCUT2D eigenvalue weighted by atomic mass is 16.5. The Kier molecular flexibility index (Phi) is 16.4. The van der Waals surface area contributed by atoms with Crippen LogP contribution in [-0.4, -0.2) is 23.7 Å². The topological polar surface area (TPSA) is 76.7 Å². The van der Waals surface area contributed by atoms with Gasteiger partial charge in [-0.3, -0.25) is 0 Å². The van der Waals surface area contributed by atoms with E-state index in [2.05, 4.69) is 18.3 Å². The van der Waals surface area contributed by atoms with Gasteiger partial charge in [0.2, 0.25) is 0 Å². The lowest BCUT2D eigenvalue weighted by Gasteiger charge is -2.10. The normalized spacial score (nSPS) is 10.4. The van der Waals surface area contributed by atoms with Crippen LogP contribution in [0.5, 0.6) is 0 Å². The molecule has 1 aromatic heterocycles. The standard InChI is InChI=1S/C24H38O4.C4H4O/c1-3-5-7-9-11-13-15-20-16-17-21(22(19-20)23(25)26)24(27)28-18-14-12-10-8-6-4-2;1-2-4-5-3-1/h16-17,19H,3-15,18H2,1-2H3,(H,25,26);1-4H. The van der Waals surface area contributed by atoms with E-state index >= 15 is 0 Å². The number of carboxylic acids is 1. The van der Waals surface area contributed by atoms with Crippen molar-refractivity contribution in [2.45, 2.75) is 97.3 Å². The average Bonchev–Trinajstić information content (AvgIpc) is 3.41. The van der Waals surface area contributed by atoms with E-state index in [1.54, 1.807) is 24.7 Å². The highest BCUT2D eigenvalue weighted by Gasteiger charge is 2.18. The van der Waals surface area contributed by atoms with E-state index in [0.717, 1.165) is 44.1 Å². The second-order valence-corrected chi connectivity index (χ2v) is 8.40. The molecule has 0 radical (unpaired) electrons. The number of aryl methyl sites for hydroxylation is 1. The molecule has 0 aliphatic heterocycles. The fraction of sp³-hybridized carbons (Fsp3) is 0.571. The molecule has 0 atom stereocenters. The third-order valence-corrected chi connectivity index (χ3v) is 5.51. The van der Waals surface area contributed by atoms with E-state index < -0.39 is 11.9 Å². The number of benzene rings is 1. The number of carboxylic acid groups (broad SMARTS) is 1. The van der Waals surface area contributed by atoms with Gasteiger partial charge in [-0.1, -0.05) is 84.1 Å². The first-order chi connectivity index (χ1) is 16.1. The summed E-state index contributed by atoms with van der Waals surface area (Å²) >= 11 is 0. The van der Waals surface area contributed by atoms with Crippen molar-refractivity contribution in [3.63, 3.8) is 0 Å². The van der Waals surface area contributed by atoms with Crippen LogP contribution in [0.3, 0.4) is 0 Å². The summed E-state index contributed by atoms with van der Waals surface area (Å²) < 4.78 is 9.88. The average molecular weight is 459 g/mol. The Hall–Kier alpha value is -2.56. The van der Waals surface area contributed by atoms with Crippen molar-refractivity contribution in [2.75, 3.05) is 6.61 Å². The Balaban J connectivity index is 0.000000953. The van der Waals surface area contributed by atoms with Gasteiger partial charge in [0.15, 0.2) is 0 Å². The summed E-state index contributed by atoms with van der Waals surface area (Å²) in [5, 5.41) is 9.49. The molecule has 0 spiro atoms. The van der Waals surface area contributed by atoms with Crippen LogP contribution in [0, 0.1) is 0 Å². The number of carbonyl (C=O) groups is 2. The predicted molar refractivity (Wildman–Crippen MR) is 133 cm³/mol. The molecule has 2 rings (SSSR count). The summed E-state index contributed by atoms with van der Waals surface area (Å²) in [6.45, 7) is 4.73. The van der Waals surface area contributed by atoms with Crippen molar-refractivity contribution in [1.29, 1.82) is 0 Å². The van der Waals surface area contributed by atoms with Crippen molar-refractivity contribution >= 4 is 11.9 Å². The minimum atomic E-state index is -1.07. The van der Waals surface area contributed by atoms with Gasteiger partial charge in [-0.15, -0.1) is 0 Å². The van der Waals surface area contributed by atoms with Crippen molar-refractivity contribution < 1.29 is 23.8 Å². The van der Waals surface area contributed by atoms with Crippen molar-refractivity contribution in [3.05, 3.63) is 59.5 Å². The maximum atomic E-state index is 12.3. The third kappa shape index (κ3) is 13.6. The van der Waals surface area contributed by atoms with Gasteiger partial charge in [-0.2, -0.15) is 0 Å². The monoisotopic (exact) mass is 458 g/mol. The SMILES string of the molecule is CCCCCCCCOC(=O)c1ccc(CCCCCCCC)cc1C(=O)O.c1ccoc1. The molecule has 1 N–H and O–H groups in total. The zero-order chi connectivity index (χ0) is 24.2. The number of furan rings is 1. The summed E-state index contributed by atoms with van der Waals surface area (Å²) in [5.74, 6) is -1.60. The van der Waals surface area contributed by atoms with E-state index in [4.69, 9.17) is 4.74 Å². The number of ether oxygens (including phenoxy) is 1. The van der Waals surface area contributed by atoms with Gasteiger partial charge in [0.05, 0.1) is 30.3 Å². The van der Waals surface area contributed by atoms with Crippen LogP contribution in [0.2, 0.25) is 0 Å². The number of unbranched alkanes of at least 4 members (excludes halogenated alkanes) is 10. The molecule has 0 fully saturated rings. The zero-order valence-electron chi connectivity index (χ0n) is 20.5. The first-order valence-corrected chi connectivity index (χ1v) is 12.6. The van der Waals surface area contributed by atoms with Crippen molar-refractivity contribution in [2.24, 2.45) is 0 Å². The molecule has 0 aliphatic rings. The fourth-order valence-electron chi connectivity index (χ4n) is 3.56. The zero-order valence-corrected chi connectivity index (χ0v) is 20.5. The van der Waals surface area contributed by atoms with Gasteiger partial charge in [0, 0.05) is 0 Å². The van der Waals surface area contributed by atoms with Gasteiger partial charge in [0.1, 0.15) is 0 Å². The lowest BCUT2D eigenvalue weighted by Crippen LogP contribution is -2.13. The van der Waals surface area contributed by atoms with E-state index in [1.807, 2.05) is 18.2 Å². The van der Waals surface area contributed by atoms with Crippen LogP contribution in [0.4, 0.5) is 0 Å². The number of esters is 1. The smallest absolute Gasteiger partial charge is 0.339 e. The van der Waals surface area contributed by atoms with Gasteiger partial charge < -0.3 is 14.3 Å². The molecule has 5 nitrogen and oxygen atoms in total. The molecule has 0 amide bonds. The molecule has 1 aromatic carbocycles. The van der Waals surface area contributed by atoms with E-state index in [1.165, 1.54) is 44.9 Å². The number of rotatable bonds is 16. The fourth-order valence-corrected chi connectivity index (χ4v) is 3.56. The first-order valence-electron chi connectivity index (χ1n) is 12.6. The van der Waals surface area contributed by atoms with Crippen molar-refractivity contribution in [3.8, 4) is 0 Å². The molecule has 0 saturated heterocycles. The molecule has 5 heteroatoms. The van der Waals surface area contributed by atoms with Gasteiger partial charge in [-0.05, 0) is 49.1 Å². The summed E-state index contributed by atoms with van der Waals surface area (Å²) in [7, 11) is 0. The maximum Gasteiger partial charge on any atom is 0.339 e. The predicted octanol–water partition coefficient (Wildman–Crippen LogP) is 8.08. The van der Waals surface area contributed by atoms with E-state index in [0.29, 0.717) is 6.61 Å². The molecular weight excluding hydrogens is 416 g/mol. The summed E-state index contributed by atoms with van der Waals surface area (Å²) in [6.07, 6.45) is 18.0. The Morgan fingerprint density at radius 3 is 1.91 bits per heavy atom. The lowest BCUT2D eigenvalue weighted by molar-refractivity contribution is 0.0487. The lowest BCUT2D eigenvalue weighted by atomic mass is 9.99. The second-order valence-electron chi connectivity index (χ2n) is 8.40. The Bertz CT molecular complexity index is 734. The van der Waals surface area contributed by atoms with Crippen LogP contribution in [0.25, 0.3) is 0 Å². The van der Waals surface area contributed by atoms with E-state index in [9.17, 15) is 14.7 Å². The molecule has 33 heavy (non-hydrogen) atoms.